The maximum absolute atomic E-state index is 4.79. The summed E-state index contributed by atoms with van der Waals surface area (Å²) in [7, 11) is 0. The molecule has 1 aromatic rings. The number of aromatic nitrogens is 1. The fourth-order valence-corrected chi connectivity index (χ4v) is 3.74. The van der Waals surface area contributed by atoms with E-state index in [0.717, 1.165) is 6.54 Å². The molecule has 0 saturated carbocycles. The molecule has 2 heterocycles. The molecule has 1 saturated heterocycles. The van der Waals surface area contributed by atoms with Crippen molar-refractivity contribution in [3.05, 3.63) is 15.6 Å². The highest BCUT2D eigenvalue weighted by molar-refractivity contribution is 7.11. The Bertz CT molecular complexity index is 305. The van der Waals surface area contributed by atoms with Crippen molar-refractivity contribution in [2.24, 2.45) is 0 Å². The number of fused-ring (bicyclic) bond motifs is 1. The second kappa shape index (κ2) is 3.63. The van der Waals surface area contributed by atoms with Gasteiger partial charge in [0, 0.05) is 17.3 Å². The zero-order chi connectivity index (χ0) is 9.38. The summed E-state index contributed by atoms with van der Waals surface area (Å²) >= 11 is 1.98. The Morgan fingerprint density at radius 3 is 3.07 bits per heavy atom. The van der Waals surface area contributed by atoms with Crippen LogP contribution in [0.3, 0.4) is 0 Å². The zero-order valence-corrected chi connectivity index (χ0v) is 9.20. The van der Waals surface area contributed by atoms with Gasteiger partial charge in [-0.05, 0) is 38.6 Å². The molecule has 0 aromatic carbocycles. The number of rotatable bonds is 1. The van der Waals surface area contributed by atoms with Crippen molar-refractivity contribution in [1.29, 1.82) is 0 Å². The molecule has 76 valence electrons. The molecule has 0 bridgehead atoms. The van der Waals surface area contributed by atoms with Crippen molar-refractivity contribution in [3.8, 4) is 0 Å². The first-order chi connectivity index (χ1) is 6.93. The number of piperidine rings is 1. The minimum atomic E-state index is 0.708. The summed E-state index contributed by atoms with van der Waals surface area (Å²) in [4.78, 5) is 6.37. The van der Waals surface area contributed by atoms with Crippen molar-refractivity contribution in [3.63, 3.8) is 0 Å². The Kier molecular flexibility index (Phi) is 2.30. The molecular weight excluding hydrogens is 192 g/mol. The quantitative estimate of drug-likeness (QED) is 0.764. The van der Waals surface area contributed by atoms with Gasteiger partial charge in [-0.3, -0.25) is 0 Å². The van der Waals surface area contributed by atoms with Crippen molar-refractivity contribution in [2.75, 3.05) is 13.1 Å². The normalized spacial score (nSPS) is 26.4. The van der Waals surface area contributed by atoms with Gasteiger partial charge >= 0.3 is 0 Å². The van der Waals surface area contributed by atoms with Crippen LogP contribution in [0.5, 0.6) is 0 Å². The topological polar surface area (TPSA) is 24.9 Å². The van der Waals surface area contributed by atoms with Crippen LogP contribution in [0.2, 0.25) is 0 Å². The molecule has 1 atom stereocenters. The van der Waals surface area contributed by atoms with Gasteiger partial charge in [0.2, 0.25) is 0 Å². The van der Waals surface area contributed by atoms with Crippen LogP contribution in [-0.2, 0) is 12.8 Å². The van der Waals surface area contributed by atoms with E-state index in [1.165, 1.54) is 49.4 Å². The van der Waals surface area contributed by atoms with E-state index in [1.54, 1.807) is 4.88 Å². The number of hydrogen-bond donors (Lipinski definition) is 1. The summed E-state index contributed by atoms with van der Waals surface area (Å²) < 4.78 is 0. The molecule has 1 aromatic heterocycles. The Labute approximate surface area is 88.7 Å². The minimum Gasteiger partial charge on any atom is -0.316 e. The first kappa shape index (κ1) is 8.86. The number of hydrogen-bond acceptors (Lipinski definition) is 3. The summed E-state index contributed by atoms with van der Waals surface area (Å²) in [6.07, 6.45) is 6.49. The number of thiazole rings is 1. The van der Waals surface area contributed by atoms with Crippen LogP contribution in [0, 0.1) is 0 Å². The van der Waals surface area contributed by atoms with E-state index in [0.29, 0.717) is 5.92 Å². The van der Waals surface area contributed by atoms with E-state index in [-0.39, 0.29) is 0 Å². The first-order valence-corrected chi connectivity index (χ1v) is 6.44. The third-order valence-electron chi connectivity index (χ3n) is 3.26. The van der Waals surface area contributed by atoms with Gasteiger partial charge in [0.15, 0.2) is 0 Å². The molecule has 0 spiro atoms. The van der Waals surface area contributed by atoms with Gasteiger partial charge in [0.05, 0.1) is 10.7 Å². The fourth-order valence-electron chi connectivity index (χ4n) is 2.45. The fraction of sp³-hybridized carbons (Fsp3) is 0.727. The Balaban J connectivity index is 1.82. The molecule has 3 heteroatoms. The monoisotopic (exact) mass is 208 g/mol. The number of aryl methyl sites for hydroxylation is 2. The Morgan fingerprint density at radius 1 is 1.29 bits per heavy atom. The van der Waals surface area contributed by atoms with E-state index >= 15 is 0 Å². The molecule has 0 radical (unpaired) electrons. The van der Waals surface area contributed by atoms with E-state index < -0.39 is 0 Å². The number of nitrogens with zero attached hydrogens (tertiary/aromatic N) is 1. The van der Waals surface area contributed by atoms with Crippen LogP contribution in [-0.4, -0.2) is 18.1 Å². The van der Waals surface area contributed by atoms with Gasteiger partial charge in [0.25, 0.3) is 0 Å². The molecule has 1 aliphatic carbocycles. The molecule has 2 nitrogen and oxygen atoms in total. The highest BCUT2D eigenvalue weighted by Crippen LogP contribution is 2.33. The van der Waals surface area contributed by atoms with Crippen molar-refractivity contribution in [2.45, 2.75) is 38.0 Å². The van der Waals surface area contributed by atoms with Gasteiger partial charge < -0.3 is 5.32 Å². The highest BCUT2D eigenvalue weighted by Gasteiger charge is 2.22. The largest absolute Gasteiger partial charge is 0.316 e. The Hall–Kier alpha value is -0.410. The van der Waals surface area contributed by atoms with E-state index in [9.17, 15) is 0 Å². The lowest BCUT2D eigenvalue weighted by Crippen LogP contribution is -2.28. The predicted molar refractivity (Wildman–Crippen MR) is 59.0 cm³/mol. The van der Waals surface area contributed by atoms with Gasteiger partial charge in [0.1, 0.15) is 0 Å². The lowest BCUT2D eigenvalue weighted by molar-refractivity contribution is 0.460. The van der Waals surface area contributed by atoms with Crippen LogP contribution in [0.1, 0.15) is 40.8 Å². The number of nitrogens with one attached hydrogen (secondary N) is 1. The maximum Gasteiger partial charge on any atom is 0.0974 e. The van der Waals surface area contributed by atoms with Gasteiger partial charge in [-0.15, -0.1) is 11.3 Å². The van der Waals surface area contributed by atoms with E-state index in [2.05, 4.69) is 5.32 Å². The zero-order valence-electron chi connectivity index (χ0n) is 8.38. The smallest absolute Gasteiger partial charge is 0.0974 e. The van der Waals surface area contributed by atoms with Crippen LogP contribution in [0.4, 0.5) is 0 Å². The van der Waals surface area contributed by atoms with Crippen molar-refractivity contribution < 1.29 is 0 Å². The lowest BCUT2D eigenvalue weighted by Gasteiger charge is -2.20. The molecule has 3 rings (SSSR count). The van der Waals surface area contributed by atoms with Crippen LogP contribution >= 0.6 is 11.3 Å². The van der Waals surface area contributed by atoms with E-state index in [4.69, 9.17) is 4.98 Å². The second-order valence-corrected chi connectivity index (χ2v) is 5.43. The van der Waals surface area contributed by atoms with Crippen molar-refractivity contribution in [1.82, 2.24) is 10.3 Å². The molecular formula is C11H16N2S. The lowest BCUT2D eigenvalue weighted by atomic mass is 10.0. The summed E-state index contributed by atoms with van der Waals surface area (Å²) in [5, 5.41) is 4.87. The van der Waals surface area contributed by atoms with Gasteiger partial charge in [-0.1, -0.05) is 0 Å². The predicted octanol–water partition coefficient (Wildman–Crippen LogP) is 2.10. The van der Waals surface area contributed by atoms with E-state index in [1.807, 2.05) is 11.3 Å². The molecule has 2 aliphatic rings. The second-order valence-electron chi connectivity index (χ2n) is 4.32. The molecule has 14 heavy (non-hydrogen) atoms. The van der Waals surface area contributed by atoms with Crippen molar-refractivity contribution >= 4 is 11.3 Å². The molecule has 1 fully saturated rings. The molecule has 1 unspecified atom stereocenters. The first-order valence-electron chi connectivity index (χ1n) is 5.62. The van der Waals surface area contributed by atoms with Crippen LogP contribution in [0.15, 0.2) is 0 Å². The third kappa shape index (κ3) is 1.48. The van der Waals surface area contributed by atoms with Gasteiger partial charge in [-0.25, -0.2) is 4.98 Å². The maximum atomic E-state index is 4.79. The molecule has 0 amide bonds. The standard InChI is InChI=1S/C11H16N2S/c1-4-9-10(5-1)14-11(13-9)8-3-2-6-12-7-8/h8,12H,1-7H2. The molecule has 1 aliphatic heterocycles. The van der Waals surface area contributed by atoms with Crippen LogP contribution in [0.25, 0.3) is 0 Å². The molecule has 1 N–H and O–H groups in total. The summed E-state index contributed by atoms with van der Waals surface area (Å²) in [6, 6.07) is 0. The summed E-state index contributed by atoms with van der Waals surface area (Å²) in [6.45, 7) is 2.34. The third-order valence-corrected chi connectivity index (χ3v) is 4.58. The SMILES string of the molecule is C1Cc2nc(C3CCCNC3)sc2C1. The summed E-state index contributed by atoms with van der Waals surface area (Å²) in [5.74, 6) is 0.708. The van der Waals surface area contributed by atoms with Crippen LogP contribution < -0.4 is 5.32 Å². The highest BCUT2D eigenvalue weighted by atomic mass is 32.1. The average molecular weight is 208 g/mol. The minimum absolute atomic E-state index is 0.708. The van der Waals surface area contributed by atoms with Gasteiger partial charge in [-0.2, -0.15) is 0 Å². The average Bonchev–Trinajstić information content (AvgIpc) is 2.78. The Morgan fingerprint density at radius 2 is 2.29 bits per heavy atom. The summed E-state index contributed by atoms with van der Waals surface area (Å²) in [5.41, 5.74) is 1.41.